The van der Waals surface area contributed by atoms with Gasteiger partial charge in [0, 0.05) is 0 Å². The minimum atomic E-state index is -5.37. The quantitative estimate of drug-likeness (QED) is 0.406. The van der Waals surface area contributed by atoms with Gasteiger partial charge in [-0.1, -0.05) is 13.3 Å². The predicted octanol–water partition coefficient (Wildman–Crippen LogP) is 7.17. The normalized spacial score (nSPS) is 12.0. The average Bonchev–Trinajstić information content (AvgIpc) is 2.52. The van der Waals surface area contributed by atoms with Gasteiger partial charge in [-0.3, -0.25) is 0 Å². The Morgan fingerprint density at radius 1 is 0.750 bits per heavy atom. The van der Waals surface area contributed by atoms with E-state index in [-0.39, 0.29) is 11.6 Å². The summed E-state index contributed by atoms with van der Waals surface area (Å²) in [6.45, 7) is 1.81. The smallest absolute Gasteiger partial charge is 0.206 e. The Labute approximate surface area is 154 Å². The van der Waals surface area contributed by atoms with Gasteiger partial charge in [0.2, 0.25) is 0 Å². The molecule has 3 rings (SSSR count). The molecule has 0 saturated heterocycles. The first-order valence-electron chi connectivity index (χ1n) is 8.21. The summed E-state index contributed by atoms with van der Waals surface area (Å²) in [6.07, 6.45) is -4.35. The van der Waals surface area contributed by atoms with Gasteiger partial charge >= 0.3 is 6.18 Å². The number of halogens is 8. The van der Waals surface area contributed by atoms with E-state index < -0.39 is 57.2 Å². The van der Waals surface area contributed by atoms with Gasteiger partial charge in [0.15, 0.2) is 0 Å². The number of hydrogen-bond donors (Lipinski definition) is 0. The zero-order valence-electron chi connectivity index (χ0n) is 14.3. The van der Waals surface area contributed by atoms with E-state index in [9.17, 15) is 35.1 Å². The monoisotopic (exact) mass is 404 g/mol. The maximum atomic E-state index is 14.4. The second kappa shape index (κ2) is 7.07. The summed E-state index contributed by atoms with van der Waals surface area (Å²) in [5.74, 6) is -7.60. The van der Waals surface area contributed by atoms with Crippen molar-refractivity contribution >= 4 is 10.8 Å². The third-order valence-electron chi connectivity index (χ3n) is 4.29. The second-order valence-electron chi connectivity index (χ2n) is 6.29. The molecular formula is C20H12F8. The molecule has 3 aromatic carbocycles. The molecule has 0 bridgehead atoms. The standard InChI is InChI=1S/C20H12F8/c1-2-3-9-4-12(21)16(13(22)5-9)10-6-11-8-15(24)18(20(26,27)28)19(25)17(11)14(23)7-10/h4-8H,2-3H2,1H3. The summed E-state index contributed by atoms with van der Waals surface area (Å²) in [6, 6.07) is 3.75. The highest BCUT2D eigenvalue weighted by atomic mass is 19.4. The van der Waals surface area contributed by atoms with E-state index in [1.807, 2.05) is 0 Å². The van der Waals surface area contributed by atoms with Crippen molar-refractivity contribution < 1.29 is 35.1 Å². The van der Waals surface area contributed by atoms with Gasteiger partial charge in [0.25, 0.3) is 0 Å². The molecule has 0 N–H and O–H groups in total. The molecule has 148 valence electrons. The van der Waals surface area contributed by atoms with Gasteiger partial charge in [0.05, 0.1) is 10.9 Å². The first kappa shape index (κ1) is 20.1. The number of benzene rings is 3. The Balaban J connectivity index is 2.27. The van der Waals surface area contributed by atoms with Gasteiger partial charge in [-0.2, -0.15) is 13.2 Å². The summed E-state index contributed by atoms with van der Waals surface area (Å²) in [7, 11) is 0. The minimum Gasteiger partial charge on any atom is -0.206 e. The van der Waals surface area contributed by atoms with Crippen LogP contribution in [-0.4, -0.2) is 0 Å². The lowest BCUT2D eigenvalue weighted by Gasteiger charge is -2.14. The van der Waals surface area contributed by atoms with Crippen molar-refractivity contribution in [3.05, 3.63) is 70.5 Å². The minimum absolute atomic E-state index is 0.287. The molecule has 0 fully saturated rings. The molecule has 0 saturated carbocycles. The molecule has 0 heterocycles. The largest absolute Gasteiger partial charge is 0.422 e. The van der Waals surface area contributed by atoms with Crippen molar-refractivity contribution in [3.8, 4) is 11.1 Å². The summed E-state index contributed by atoms with van der Waals surface area (Å²) in [5.41, 5.74) is -2.88. The Morgan fingerprint density at radius 3 is 1.89 bits per heavy atom. The van der Waals surface area contributed by atoms with Crippen LogP contribution in [0.1, 0.15) is 24.5 Å². The van der Waals surface area contributed by atoms with Crippen LogP contribution < -0.4 is 0 Å². The Hall–Kier alpha value is -2.64. The SMILES string of the molecule is CCCc1cc(F)c(-c2cc(F)c3c(F)c(C(F)(F)F)c(F)cc3c2)c(F)c1. The number of aryl methyl sites for hydroxylation is 1. The molecule has 0 radical (unpaired) electrons. The second-order valence-corrected chi connectivity index (χ2v) is 6.29. The van der Waals surface area contributed by atoms with E-state index >= 15 is 0 Å². The van der Waals surface area contributed by atoms with Crippen molar-refractivity contribution in [2.24, 2.45) is 0 Å². The molecule has 0 nitrogen and oxygen atoms in total. The maximum Gasteiger partial charge on any atom is 0.422 e. The molecule has 0 spiro atoms. The summed E-state index contributed by atoms with van der Waals surface area (Å²) >= 11 is 0. The fourth-order valence-corrected chi connectivity index (χ4v) is 3.15. The van der Waals surface area contributed by atoms with Crippen LogP contribution in [-0.2, 0) is 12.6 Å². The third-order valence-corrected chi connectivity index (χ3v) is 4.29. The lowest BCUT2D eigenvalue weighted by atomic mass is 9.96. The lowest BCUT2D eigenvalue weighted by Crippen LogP contribution is -2.12. The third kappa shape index (κ3) is 3.43. The molecule has 8 heteroatoms. The van der Waals surface area contributed by atoms with Crippen LogP contribution in [0.2, 0.25) is 0 Å². The molecule has 28 heavy (non-hydrogen) atoms. The summed E-state index contributed by atoms with van der Waals surface area (Å²) in [4.78, 5) is 0. The van der Waals surface area contributed by atoms with E-state index in [0.717, 1.165) is 18.2 Å². The van der Waals surface area contributed by atoms with E-state index in [1.165, 1.54) is 0 Å². The van der Waals surface area contributed by atoms with Crippen molar-refractivity contribution in [2.75, 3.05) is 0 Å². The highest BCUT2D eigenvalue weighted by molar-refractivity contribution is 5.89. The van der Waals surface area contributed by atoms with Crippen LogP contribution in [0, 0.1) is 29.1 Å². The van der Waals surface area contributed by atoms with Crippen molar-refractivity contribution in [2.45, 2.75) is 25.9 Å². The lowest BCUT2D eigenvalue weighted by molar-refractivity contribution is -0.142. The topological polar surface area (TPSA) is 0 Å². The van der Waals surface area contributed by atoms with Crippen LogP contribution in [0.3, 0.4) is 0 Å². The van der Waals surface area contributed by atoms with Gasteiger partial charge in [-0.15, -0.1) is 0 Å². The van der Waals surface area contributed by atoms with Gasteiger partial charge < -0.3 is 0 Å². The van der Waals surface area contributed by atoms with Gasteiger partial charge in [-0.05, 0) is 53.3 Å². The number of alkyl halides is 3. The first-order valence-corrected chi connectivity index (χ1v) is 8.21. The predicted molar refractivity (Wildman–Crippen MR) is 88.2 cm³/mol. The fraction of sp³-hybridized carbons (Fsp3) is 0.200. The van der Waals surface area contributed by atoms with Crippen LogP contribution in [0.5, 0.6) is 0 Å². The molecule has 0 aliphatic heterocycles. The molecule has 0 unspecified atom stereocenters. The number of fused-ring (bicyclic) bond motifs is 1. The van der Waals surface area contributed by atoms with Crippen molar-refractivity contribution in [1.29, 1.82) is 0 Å². The zero-order chi connectivity index (χ0) is 20.8. The average molecular weight is 404 g/mol. The molecule has 0 aromatic heterocycles. The molecule has 0 aliphatic rings. The van der Waals surface area contributed by atoms with Crippen LogP contribution >= 0.6 is 0 Å². The summed E-state index contributed by atoms with van der Waals surface area (Å²) < 4.78 is 110. The molecule has 0 aliphatic carbocycles. The first-order chi connectivity index (χ1) is 13.0. The number of rotatable bonds is 3. The Morgan fingerprint density at radius 2 is 1.36 bits per heavy atom. The highest BCUT2D eigenvalue weighted by Gasteiger charge is 2.39. The van der Waals surface area contributed by atoms with Gasteiger partial charge in [-0.25, -0.2) is 22.0 Å². The van der Waals surface area contributed by atoms with E-state index in [2.05, 4.69) is 0 Å². The van der Waals surface area contributed by atoms with E-state index in [1.54, 1.807) is 6.92 Å². The molecular weight excluding hydrogens is 392 g/mol. The Bertz CT molecular complexity index is 1040. The molecule has 3 aromatic rings. The van der Waals surface area contributed by atoms with Crippen molar-refractivity contribution in [1.82, 2.24) is 0 Å². The van der Waals surface area contributed by atoms with Gasteiger partial charge in [0.1, 0.15) is 34.6 Å². The van der Waals surface area contributed by atoms with Crippen molar-refractivity contribution in [3.63, 3.8) is 0 Å². The number of hydrogen-bond acceptors (Lipinski definition) is 0. The Kier molecular flexibility index (Phi) is 5.08. The molecule has 0 atom stereocenters. The maximum absolute atomic E-state index is 14.4. The zero-order valence-corrected chi connectivity index (χ0v) is 14.3. The van der Waals surface area contributed by atoms with Crippen LogP contribution in [0.4, 0.5) is 35.1 Å². The van der Waals surface area contributed by atoms with E-state index in [4.69, 9.17) is 0 Å². The molecule has 0 amide bonds. The van der Waals surface area contributed by atoms with Crippen LogP contribution in [0.25, 0.3) is 21.9 Å². The van der Waals surface area contributed by atoms with E-state index in [0.29, 0.717) is 24.5 Å². The highest BCUT2D eigenvalue weighted by Crippen LogP contribution is 2.39. The fourth-order valence-electron chi connectivity index (χ4n) is 3.15. The van der Waals surface area contributed by atoms with Crippen LogP contribution in [0.15, 0.2) is 30.3 Å². The summed E-state index contributed by atoms with van der Waals surface area (Å²) in [5, 5.41) is -1.70.